The van der Waals surface area contributed by atoms with Crippen LogP contribution < -0.4 is 14.8 Å². The zero-order valence-electron chi connectivity index (χ0n) is 14.4. The Morgan fingerprint density at radius 3 is 2.60 bits per heavy atom. The maximum absolute atomic E-state index is 12.8. The van der Waals surface area contributed by atoms with E-state index in [0.29, 0.717) is 23.6 Å². The molecule has 0 spiro atoms. The van der Waals surface area contributed by atoms with E-state index in [4.69, 9.17) is 14.3 Å². The molecule has 130 valence electrons. The summed E-state index contributed by atoms with van der Waals surface area (Å²) in [6.07, 6.45) is 0.384. The molecule has 0 fully saturated rings. The van der Waals surface area contributed by atoms with Crippen LogP contribution >= 0.6 is 0 Å². The molecule has 1 heterocycles. The second kappa shape index (κ2) is 6.84. The number of benzene rings is 2. The fourth-order valence-electron chi connectivity index (χ4n) is 2.61. The number of carbonyl (C=O) groups excluding carboxylic acids is 1. The number of carbonyl (C=O) groups is 1. The molecule has 0 aromatic heterocycles. The number of nitrogens with one attached hydrogen (secondary N) is 1. The van der Waals surface area contributed by atoms with Crippen LogP contribution in [0.5, 0.6) is 11.5 Å². The molecule has 25 heavy (non-hydrogen) atoms. The molecule has 0 radical (unpaired) electrons. The van der Waals surface area contributed by atoms with Crippen LogP contribution in [-0.2, 0) is 9.63 Å². The zero-order chi connectivity index (χ0) is 17.9. The van der Waals surface area contributed by atoms with Gasteiger partial charge in [0.05, 0.1) is 25.6 Å². The van der Waals surface area contributed by atoms with Crippen molar-refractivity contribution in [2.24, 2.45) is 5.16 Å². The first-order chi connectivity index (χ1) is 12.1. The van der Waals surface area contributed by atoms with Gasteiger partial charge in [-0.2, -0.15) is 0 Å². The molecule has 1 atom stereocenters. The van der Waals surface area contributed by atoms with Crippen LogP contribution in [0.25, 0.3) is 0 Å². The first-order valence-electron chi connectivity index (χ1n) is 7.89. The SMILES string of the molecule is COc1ccc(OC)c(NC(=O)[C@@]2(C)CC(c3ccccc3)=NO2)c1. The highest BCUT2D eigenvalue weighted by atomic mass is 16.7. The second-order valence-electron chi connectivity index (χ2n) is 5.92. The quantitative estimate of drug-likeness (QED) is 0.907. The average molecular weight is 340 g/mol. The Labute approximate surface area is 146 Å². The number of anilines is 1. The van der Waals surface area contributed by atoms with Crippen molar-refractivity contribution in [2.45, 2.75) is 18.9 Å². The lowest BCUT2D eigenvalue weighted by Crippen LogP contribution is -2.40. The molecule has 1 amide bonds. The molecule has 6 heteroatoms. The zero-order valence-corrected chi connectivity index (χ0v) is 14.4. The maximum Gasteiger partial charge on any atom is 0.271 e. The molecule has 0 saturated carbocycles. The summed E-state index contributed by atoms with van der Waals surface area (Å²) in [4.78, 5) is 18.3. The summed E-state index contributed by atoms with van der Waals surface area (Å²) in [6, 6.07) is 14.9. The largest absolute Gasteiger partial charge is 0.497 e. The molecular formula is C19H20N2O4. The molecule has 0 unspecified atom stereocenters. The second-order valence-corrected chi connectivity index (χ2v) is 5.92. The van der Waals surface area contributed by atoms with E-state index < -0.39 is 5.60 Å². The Hall–Kier alpha value is -3.02. The van der Waals surface area contributed by atoms with Crippen molar-refractivity contribution in [1.82, 2.24) is 0 Å². The predicted molar refractivity (Wildman–Crippen MR) is 95.3 cm³/mol. The van der Waals surface area contributed by atoms with Crippen molar-refractivity contribution in [3.8, 4) is 11.5 Å². The number of nitrogens with zero attached hydrogens (tertiary/aromatic N) is 1. The molecule has 1 aliphatic heterocycles. The van der Waals surface area contributed by atoms with Crippen molar-refractivity contribution in [3.05, 3.63) is 54.1 Å². The first-order valence-corrected chi connectivity index (χ1v) is 7.89. The van der Waals surface area contributed by atoms with Crippen molar-refractivity contribution in [1.29, 1.82) is 0 Å². The predicted octanol–water partition coefficient (Wildman–Crippen LogP) is 3.23. The van der Waals surface area contributed by atoms with Gasteiger partial charge in [-0.05, 0) is 24.6 Å². The van der Waals surface area contributed by atoms with Crippen LogP contribution in [-0.4, -0.2) is 31.4 Å². The first kappa shape index (κ1) is 16.8. The number of hydrogen-bond donors (Lipinski definition) is 1. The Bertz CT molecular complexity index is 804. The fourth-order valence-corrected chi connectivity index (χ4v) is 2.61. The van der Waals surface area contributed by atoms with Crippen molar-refractivity contribution in [2.75, 3.05) is 19.5 Å². The van der Waals surface area contributed by atoms with Gasteiger partial charge in [0.1, 0.15) is 11.5 Å². The van der Waals surface area contributed by atoms with Crippen LogP contribution in [0, 0.1) is 0 Å². The van der Waals surface area contributed by atoms with E-state index in [1.54, 1.807) is 39.3 Å². The molecule has 2 aromatic rings. The van der Waals surface area contributed by atoms with E-state index >= 15 is 0 Å². The lowest BCUT2D eigenvalue weighted by atomic mass is 9.95. The minimum absolute atomic E-state index is 0.297. The molecule has 2 aromatic carbocycles. The maximum atomic E-state index is 12.8. The van der Waals surface area contributed by atoms with Gasteiger partial charge in [-0.25, -0.2) is 0 Å². The lowest BCUT2D eigenvalue weighted by molar-refractivity contribution is -0.135. The summed E-state index contributed by atoms with van der Waals surface area (Å²) in [5.41, 5.74) is 1.12. The van der Waals surface area contributed by atoms with Crippen molar-refractivity contribution >= 4 is 17.3 Å². The third-order valence-electron chi connectivity index (χ3n) is 4.10. The summed E-state index contributed by atoms with van der Waals surface area (Å²) < 4.78 is 10.5. The van der Waals surface area contributed by atoms with Crippen LogP contribution in [0.15, 0.2) is 53.7 Å². The van der Waals surface area contributed by atoms with Crippen LogP contribution in [0.1, 0.15) is 18.9 Å². The van der Waals surface area contributed by atoms with Gasteiger partial charge in [0.2, 0.25) is 5.60 Å². The van der Waals surface area contributed by atoms with Gasteiger partial charge in [-0.3, -0.25) is 4.79 Å². The van der Waals surface area contributed by atoms with E-state index in [2.05, 4.69) is 10.5 Å². The van der Waals surface area contributed by atoms with E-state index in [9.17, 15) is 4.79 Å². The molecule has 0 bridgehead atoms. The van der Waals surface area contributed by atoms with E-state index in [1.807, 2.05) is 30.3 Å². The van der Waals surface area contributed by atoms with Gasteiger partial charge in [0.25, 0.3) is 5.91 Å². The van der Waals surface area contributed by atoms with Gasteiger partial charge in [-0.1, -0.05) is 35.5 Å². The van der Waals surface area contributed by atoms with Crippen LogP contribution in [0.2, 0.25) is 0 Å². The average Bonchev–Trinajstić information content (AvgIpc) is 3.06. The van der Waals surface area contributed by atoms with Crippen LogP contribution in [0.4, 0.5) is 5.69 Å². The molecule has 1 N–H and O–H groups in total. The Morgan fingerprint density at radius 2 is 1.92 bits per heavy atom. The van der Waals surface area contributed by atoms with E-state index in [0.717, 1.165) is 11.3 Å². The van der Waals surface area contributed by atoms with E-state index in [1.165, 1.54) is 0 Å². The normalized spacial score (nSPS) is 18.9. The van der Waals surface area contributed by atoms with E-state index in [-0.39, 0.29) is 5.91 Å². The monoisotopic (exact) mass is 340 g/mol. The summed E-state index contributed by atoms with van der Waals surface area (Å²) in [7, 11) is 3.11. The highest BCUT2D eigenvalue weighted by Crippen LogP contribution is 2.32. The smallest absolute Gasteiger partial charge is 0.271 e. The summed E-state index contributed by atoms with van der Waals surface area (Å²) in [5, 5.41) is 6.95. The van der Waals surface area contributed by atoms with Crippen molar-refractivity contribution in [3.63, 3.8) is 0 Å². The number of rotatable bonds is 5. The third-order valence-corrected chi connectivity index (χ3v) is 4.10. The highest BCUT2D eigenvalue weighted by molar-refractivity contribution is 6.08. The minimum atomic E-state index is -1.08. The Balaban J connectivity index is 1.76. The standard InChI is InChI=1S/C19H20N2O4/c1-19(12-16(21-25-19)13-7-5-4-6-8-13)18(22)20-15-11-14(23-2)9-10-17(15)24-3/h4-11H,12H2,1-3H3,(H,20,22)/t19-/m1/s1. The summed E-state index contributed by atoms with van der Waals surface area (Å²) in [5.74, 6) is 0.864. The summed E-state index contributed by atoms with van der Waals surface area (Å²) >= 11 is 0. The van der Waals surface area contributed by atoms with Gasteiger partial charge in [-0.15, -0.1) is 0 Å². The van der Waals surface area contributed by atoms with Crippen molar-refractivity contribution < 1.29 is 19.1 Å². The third kappa shape index (κ3) is 3.42. The fraction of sp³-hybridized carbons (Fsp3) is 0.263. The molecule has 1 aliphatic rings. The lowest BCUT2D eigenvalue weighted by Gasteiger charge is -2.21. The molecule has 0 aliphatic carbocycles. The molecule has 6 nitrogen and oxygen atoms in total. The topological polar surface area (TPSA) is 69.2 Å². The number of oxime groups is 1. The highest BCUT2D eigenvalue weighted by Gasteiger charge is 2.42. The molecule has 3 rings (SSSR count). The number of amides is 1. The van der Waals surface area contributed by atoms with Crippen LogP contribution in [0.3, 0.4) is 0 Å². The van der Waals surface area contributed by atoms with Gasteiger partial charge < -0.3 is 19.6 Å². The molecule has 0 saturated heterocycles. The molecular weight excluding hydrogens is 320 g/mol. The number of hydrogen-bond acceptors (Lipinski definition) is 5. The Morgan fingerprint density at radius 1 is 1.16 bits per heavy atom. The Kier molecular flexibility index (Phi) is 4.61. The summed E-state index contributed by atoms with van der Waals surface area (Å²) in [6.45, 7) is 1.72. The van der Waals surface area contributed by atoms with Gasteiger partial charge >= 0.3 is 0 Å². The number of methoxy groups -OCH3 is 2. The van der Waals surface area contributed by atoms with Gasteiger partial charge in [0.15, 0.2) is 0 Å². The minimum Gasteiger partial charge on any atom is -0.497 e. The number of ether oxygens (including phenoxy) is 2. The van der Waals surface area contributed by atoms with Gasteiger partial charge in [0, 0.05) is 12.5 Å².